The third-order valence-corrected chi connectivity index (χ3v) is 4.13. The average molecular weight is 295 g/mol. The summed E-state index contributed by atoms with van der Waals surface area (Å²) in [6.07, 6.45) is 0. The van der Waals surface area contributed by atoms with Crippen LogP contribution < -0.4 is 5.32 Å². The maximum Gasteiger partial charge on any atom is 0.251 e. The van der Waals surface area contributed by atoms with E-state index in [2.05, 4.69) is 50.4 Å². The zero-order valence-electron chi connectivity index (χ0n) is 14.2. The van der Waals surface area contributed by atoms with Crippen LogP contribution in [-0.2, 0) is 5.41 Å². The standard InChI is InChI=1S/C20H25NO/c1-14-7-6-8-17(11-14)20(4,5)13-21-19(22)18-12-15(2)9-10-16(18)3/h6-12H,13H2,1-5H3,(H,21,22). The molecule has 116 valence electrons. The molecule has 2 nitrogen and oxygen atoms in total. The number of hydrogen-bond acceptors (Lipinski definition) is 1. The molecule has 0 fully saturated rings. The molecule has 22 heavy (non-hydrogen) atoms. The Balaban J connectivity index is 2.11. The SMILES string of the molecule is Cc1cccc(C(C)(C)CNC(=O)c2cc(C)ccc2C)c1. The first-order valence-electron chi connectivity index (χ1n) is 7.72. The number of aryl methyl sites for hydroxylation is 3. The van der Waals surface area contributed by atoms with E-state index in [9.17, 15) is 4.79 Å². The third-order valence-electron chi connectivity index (χ3n) is 4.13. The van der Waals surface area contributed by atoms with Crippen molar-refractivity contribution in [2.45, 2.75) is 40.0 Å². The van der Waals surface area contributed by atoms with Crippen molar-refractivity contribution in [2.75, 3.05) is 6.54 Å². The third kappa shape index (κ3) is 3.76. The average Bonchev–Trinajstić information content (AvgIpc) is 2.47. The van der Waals surface area contributed by atoms with Gasteiger partial charge in [-0.05, 0) is 38.0 Å². The van der Waals surface area contributed by atoms with Gasteiger partial charge in [0.25, 0.3) is 5.91 Å². The Morgan fingerprint density at radius 2 is 1.68 bits per heavy atom. The van der Waals surface area contributed by atoms with Crippen molar-refractivity contribution >= 4 is 5.91 Å². The van der Waals surface area contributed by atoms with E-state index in [1.165, 1.54) is 11.1 Å². The van der Waals surface area contributed by atoms with E-state index < -0.39 is 0 Å². The van der Waals surface area contributed by atoms with E-state index >= 15 is 0 Å². The predicted octanol–water partition coefficient (Wildman–Crippen LogP) is 4.32. The van der Waals surface area contributed by atoms with E-state index in [1.54, 1.807) is 0 Å². The van der Waals surface area contributed by atoms with Gasteiger partial charge in [-0.1, -0.05) is 61.4 Å². The molecule has 0 atom stereocenters. The van der Waals surface area contributed by atoms with Crippen LogP contribution >= 0.6 is 0 Å². The Labute approximate surface area is 133 Å². The Hall–Kier alpha value is -2.09. The molecule has 0 saturated heterocycles. The van der Waals surface area contributed by atoms with E-state index in [0.29, 0.717) is 6.54 Å². The van der Waals surface area contributed by atoms with Crippen LogP contribution in [0.2, 0.25) is 0 Å². The first-order chi connectivity index (χ1) is 10.3. The van der Waals surface area contributed by atoms with Gasteiger partial charge in [0.05, 0.1) is 0 Å². The van der Waals surface area contributed by atoms with Crippen LogP contribution in [0.5, 0.6) is 0 Å². The summed E-state index contributed by atoms with van der Waals surface area (Å²) in [6.45, 7) is 11.0. The molecule has 2 heteroatoms. The Morgan fingerprint density at radius 1 is 1.00 bits per heavy atom. The van der Waals surface area contributed by atoms with Gasteiger partial charge in [-0.2, -0.15) is 0 Å². The molecule has 0 unspecified atom stereocenters. The van der Waals surface area contributed by atoms with Crippen molar-refractivity contribution in [3.05, 3.63) is 70.3 Å². The van der Waals surface area contributed by atoms with E-state index in [1.807, 2.05) is 32.0 Å². The van der Waals surface area contributed by atoms with Crippen LogP contribution in [0.25, 0.3) is 0 Å². The van der Waals surface area contributed by atoms with Gasteiger partial charge >= 0.3 is 0 Å². The van der Waals surface area contributed by atoms with Crippen molar-refractivity contribution in [1.29, 1.82) is 0 Å². The Morgan fingerprint density at radius 3 is 2.36 bits per heavy atom. The van der Waals surface area contributed by atoms with Gasteiger partial charge in [-0.3, -0.25) is 4.79 Å². The first-order valence-corrected chi connectivity index (χ1v) is 7.72. The summed E-state index contributed by atoms with van der Waals surface area (Å²) < 4.78 is 0. The van der Waals surface area contributed by atoms with Crippen molar-refractivity contribution in [1.82, 2.24) is 5.32 Å². The fourth-order valence-corrected chi connectivity index (χ4v) is 2.55. The smallest absolute Gasteiger partial charge is 0.251 e. The highest BCUT2D eigenvalue weighted by Crippen LogP contribution is 2.23. The summed E-state index contributed by atoms with van der Waals surface area (Å²) in [4.78, 5) is 12.5. The number of hydrogen-bond donors (Lipinski definition) is 1. The fourth-order valence-electron chi connectivity index (χ4n) is 2.55. The van der Waals surface area contributed by atoms with Crippen molar-refractivity contribution < 1.29 is 4.79 Å². The zero-order valence-corrected chi connectivity index (χ0v) is 14.2. The molecule has 0 aliphatic carbocycles. The second kappa shape index (κ2) is 6.35. The van der Waals surface area contributed by atoms with Crippen LogP contribution in [0.15, 0.2) is 42.5 Å². The lowest BCUT2D eigenvalue weighted by molar-refractivity contribution is 0.0945. The monoisotopic (exact) mass is 295 g/mol. The number of rotatable bonds is 4. The molecule has 0 aliphatic rings. The van der Waals surface area contributed by atoms with Crippen LogP contribution in [0.3, 0.4) is 0 Å². The van der Waals surface area contributed by atoms with Gasteiger partial charge in [-0.25, -0.2) is 0 Å². The minimum absolute atomic E-state index is 0.00179. The number of amides is 1. The zero-order chi connectivity index (χ0) is 16.3. The second-order valence-corrected chi connectivity index (χ2v) is 6.75. The normalized spacial score (nSPS) is 11.3. The lowest BCUT2D eigenvalue weighted by atomic mass is 9.84. The Bertz CT molecular complexity index is 686. The summed E-state index contributed by atoms with van der Waals surface area (Å²) in [5.74, 6) is 0.00179. The van der Waals surface area contributed by atoms with Crippen LogP contribution in [0.1, 0.15) is 46.5 Å². The maximum atomic E-state index is 12.5. The van der Waals surface area contributed by atoms with E-state index in [-0.39, 0.29) is 11.3 Å². The summed E-state index contributed by atoms with van der Waals surface area (Å²) in [5.41, 5.74) is 5.27. The maximum absolute atomic E-state index is 12.5. The summed E-state index contributed by atoms with van der Waals surface area (Å²) in [5, 5.41) is 3.09. The van der Waals surface area contributed by atoms with Crippen LogP contribution in [0, 0.1) is 20.8 Å². The highest BCUT2D eigenvalue weighted by molar-refractivity contribution is 5.95. The molecular weight excluding hydrogens is 270 g/mol. The lowest BCUT2D eigenvalue weighted by Gasteiger charge is -2.26. The van der Waals surface area contributed by atoms with Crippen LogP contribution in [-0.4, -0.2) is 12.5 Å². The van der Waals surface area contributed by atoms with Gasteiger partial charge in [0.1, 0.15) is 0 Å². The molecule has 0 bridgehead atoms. The van der Waals surface area contributed by atoms with Gasteiger partial charge in [-0.15, -0.1) is 0 Å². The number of nitrogens with one attached hydrogen (secondary N) is 1. The number of benzene rings is 2. The minimum atomic E-state index is -0.0978. The largest absolute Gasteiger partial charge is 0.351 e. The summed E-state index contributed by atoms with van der Waals surface area (Å²) in [6, 6.07) is 14.4. The lowest BCUT2D eigenvalue weighted by Crippen LogP contribution is -2.37. The highest BCUT2D eigenvalue weighted by atomic mass is 16.1. The molecule has 0 aromatic heterocycles. The molecule has 0 saturated carbocycles. The number of carbonyl (C=O) groups excluding carboxylic acids is 1. The molecule has 2 aromatic rings. The quantitative estimate of drug-likeness (QED) is 0.894. The Kier molecular flexibility index (Phi) is 4.70. The predicted molar refractivity (Wildman–Crippen MR) is 92.5 cm³/mol. The van der Waals surface area contributed by atoms with E-state index in [4.69, 9.17) is 0 Å². The van der Waals surface area contributed by atoms with Gasteiger partial charge in [0, 0.05) is 17.5 Å². The fraction of sp³-hybridized carbons (Fsp3) is 0.350. The molecule has 0 aliphatic heterocycles. The van der Waals surface area contributed by atoms with E-state index in [0.717, 1.165) is 16.7 Å². The molecule has 0 heterocycles. The van der Waals surface area contributed by atoms with Gasteiger partial charge < -0.3 is 5.32 Å². The molecule has 0 spiro atoms. The van der Waals surface area contributed by atoms with Crippen LogP contribution in [0.4, 0.5) is 0 Å². The molecule has 2 aromatic carbocycles. The van der Waals surface area contributed by atoms with Gasteiger partial charge in [0.2, 0.25) is 0 Å². The van der Waals surface area contributed by atoms with Crippen molar-refractivity contribution in [3.63, 3.8) is 0 Å². The van der Waals surface area contributed by atoms with Crippen molar-refractivity contribution in [2.24, 2.45) is 0 Å². The molecule has 1 N–H and O–H groups in total. The second-order valence-electron chi connectivity index (χ2n) is 6.75. The molecular formula is C20H25NO. The van der Waals surface area contributed by atoms with Gasteiger partial charge in [0.15, 0.2) is 0 Å². The minimum Gasteiger partial charge on any atom is -0.351 e. The highest BCUT2D eigenvalue weighted by Gasteiger charge is 2.22. The molecule has 1 amide bonds. The molecule has 0 radical (unpaired) electrons. The summed E-state index contributed by atoms with van der Waals surface area (Å²) >= 11 is 0. The number of carbonyl (C=O) groups is 1. The molecule has 2 rings (SSSR count). The topological polar surface area (TPSA) is 29.1 Å². The van der Waals surface area contributed by atoms with Crippen molar-refractivity contribution in [3.8, 4) is 0 Å². The summed E-state index contributed by atoms with van der Waals surface area (Å²) in [7, 11) is 0. The first kappa shape index (κ1) is 16.3.